The van der Waals surface area contributed by atoms with E-state index in [-0.39, 0.29) is 5.41 Å². The maximum atomic E-state index is 12.5. The molecule has 1 atom stereocenters. The van der Waals surface area contributed by atoms with E-state index in [0.29, 0.717) is 5.78 Å². The van der Waals surface area contributed by atoms with Crippen LogP contribution in [0.25, 0.3) is 0 Å². The molecule has 2 fully saturated rings. The largest absolute Gasteiger partial charge is 0.379 e. The molecule has 1 saturated carbocycles. The maximum absolute atomic E-state index is 12.5. The minimum atomic E-state index is -0.0746. The summed E-state index contributed by atoms with van der Waals surface area (Å²) in [5.41, 5.74) is 1.40. The second-order valence-electron chi connectivity index (χ2n) is 6.18. The molecule has 1 saturated heterocycles. The van der Waals surface area contributed by atoms with E-state index in [1.165, 1.54) is 18.4 Å². The second kappa shape index (κ2) is 5.76. The summed E-state index contributed by atoms with van der Waals surface area (Å²) in [6, 6.07) is 0. The van der Waals surface area contributed by atoms with Crippen LogP contribution in [0.2, 0.25) is 0 Å². The van der Waals surface area contributed by atoms with Crippen molar-refractivity contribution in [2.24, 2.45) is 5.41 Å². The van der Waals surface area contributed by atoms with Crippen LogP contribution >= 0.6 is 0 Å². The molecule has 0 aromatic carbocycles. The number of nitrogens with zero attached hydrogens (tertiary/aromatic N) is 1. The standard InChI is InChI=1S/C16H25NO2/c18-15-6-3-7-16(15,14-4-1-2-5-14)8-9-17-10-12-19-13-11-17/h4H,1-3,5-13H2/t16-/m1/s1. The number of hydrogen-bond donors (Lipinski definition) is 0. The molecule has 3 aliphatic rings. The van der Waals surface area contributed by atoms with Crippen molar-refractivity contribution in [1.82, 2.24) is 4.90 Å². The number of rotatable bonds is 4. The molecule has 0 aromatic rings. The Balaban J connectivity index is 1.67. The van der Waals surface area contributed by atoms with Crippen LogP contribution in [-0.4, -0.2) is 43.5 Å². The van der Waals surface area contributed by atoms with Gasteiger partial charge in [0.2, 0.25) is 0 Å². The third-order valence-electron chi connectivity index (χ3n) is 5.16. The van der Waals surface area contributed by atoms with Gasteiger partial charge in [-0.3, -0.25) is 9.69 Å². The van der Waals surface area contributed by atoms with Gasteiger partial charge in [-0.05, 0) is 45.1 Å². The van der Waals surface area contributed by atoms with Gasteiger partial charge in [-0.25, -0.2) is 0 Å². The minimum absolute atomic E-state index is 0.0746. The summed E-state index contributed by atoms with van der Waals surface area (Å²) in [7, 11) is 0. The van der Waals surface area contributed by atoms with Gasteiger partial charge in [0.25, 0.3) is 0 Å². The van der Waals surface area contributed by atoms with E-state index in [1.807, 2.05) is 0 Å². The monoisotopic (exact) mass is 263 g/mol. The molecule has 0 bridgehead atoms. The van der Waals surface area contributed by atoms with Gasteiger partial charge in [-0.15, -0.1) is 0 Å². The molecular weight excluding hydrogens is 238 g/mol. The average molecular weight is 263 g/mol. The van der Waals surface area contributed by atoms with Crippen LogP contribution in [0.5, 0.6) is 0 Å². The Hall–Kier alpha value is -0.670. The van der Waals surface area contributed by atoms with Gasteiger partial charge in [0.15, 0.2) is 0 Å². The maximum Gasteiger partial charge on any atom is 0.143 e. The first-order chi connectivity index (χ1) is 9.31. The molecule has 0 amide bonds. The molecule has 1 aliphatic heterocycles. The Labute approximate surface area is 116 Å². The van der Waals surface area contributed by atoms with Crippen LogP contribution in [-0.2, 0) is 9.53 Å². The van der Waals surface area contributed by atoms with Gasteiger partial charge < -0.3 is 4.74 Å². The van der Waals surface area contributed by atoms with Crippen molar-refractivity contribution in [1.29, 1.82) is 0 Å². The summed E-state index contributed by atoms with van der Waals surface area (Å²) in [6.07, 6.45) is 10.0. The minimum Gasteiger partial charge on any atom is -0.379 e. The number of carbonyl (C=O) groups is 1. The fourth-order valence-electron chi connectivity index (χ4n) is 3.97. The first-order valence-electron chi connectivity index (χ1n) is 7.84. The SMILES string of the molecule is O=C1CCC[C@@]1(CCN1CCOCC1)C1=CCCC1. The van der Waals surface area contributed by atoms with Gasteiger partial charge in [-0.2, -0.15) is 0 Å². The van der Waals surface area contributed by atoms with E-state index < -0.39 is 0 Å². The van der Waals surface area contributed by atoms with Crippen molar-refractivity contribution in [3.63, 3.8) is 0 Å². The Morgan fingerprint density at radius 3 is 2.68 bits per heavy atom. The number of allylic oxidation sites excluding steroid dienone is 2. The van der Waals surface area contributed by atoms with E-state index >= 15 is 0 Å². The topological polar surface area (TPSA) is 29.5 Å². The summed E-state index contributed by atoms with van der Waals surface area (Å²) in [5.74, 6) is 0.522. The van der Waals surface area contributed by atoms with E-state index in [0.717, 1.165) is 65.0 Å². The molecule has 3 heteroatoms. The number of ether oxygens (including phenoxy) is 1. The molecule has 3 nitrogen and oxygen atoms in total. The smallest absolute Gasteiger partial charge is 0.143 e. The van der Waals surface area contributed by atoms with Crippen LogP contribution in [0.15, 0.2) is 11.6 Å². The number of hydrogen-bond acceptors (Lipinski definition) is 3. The van der Waals surface area contributed by atoms with E-state index in [2.05, 4.69) is 11.0 Å². The molecule has 1 heterocycles. The summed E-state index contributed by atoms with van der Waals surface area (Å²) >= 11 is 0. The number of morpholine rings is 1. The van der Waals surface area contributed by atoms with Crippen LogP contribution in [0.3, 0.4) is 0 Å². The zero-order valence-electron chi connectivity index (χ0n) is 11.8. The summed E-state index contributed by atoms with van der Waals surface area (Å²) < 4.78 is 5.40. The normalized spacial score (nSPS) is 32.8. The van der Waals surface area contributed by atoms with Gasteiger partial charge in [0.1, 0.15) is 5.78 Å². The molecule has 0 N–H and O–H groups in total. The lowest BCUT2D eigenvalue weighted by Crippen LogP contribution is -2.40. The number of ketones is 1. The molecule has 0 aromatic heterocycles. The highest BCUT2D eigenvalue weighted by atomic mass is 16.5. The summed E-state index contributed by atoms with van der Waals surface area (Å²) in [6.45, 7) is 4.83. The van der Waals surface area contributed by atoms with Crippen molar-refractivity contribution in [3.05, 3.63) is 11.6 Å². The summed E-state index contributed by atoms with van der Waals surface area (Å²) in [5, 5.41) is 0. The van der Waals surface area contributed by atoms with Crippen molar-refractivity contribution in [2.45, 2.75) is 44.9 Å². The van der Waals surface area contributed by atoms with Crippen molar-refractivity contribution >= 4 is 5.78 Å². The van der Waals surface area contributed by atoms with Crippen molar-refractivity contribution < 1.29 is 9.53 Å². The highest BCUT2D eigenvalue weighted by molar-refractivity contribution is 5.90. The Morgan fingerprint density at radius 2 is 2.05 bits per heavy atom. The lowest BCUT2D eigenvalue weighted by molar-refractivity contribution is -0.124. The molecule has 19 heavy (non-hydrogen) atoms. The number of carbonyl (C=O) groups excluding carboxylic acids is 1. The van der Waals surface area contributed by atoms with E-state index in [4.69, 9.17) is 4.74 Å². The number of Topliss-reactive ketones (excluding diaryl/α,β-unsaturated/α-hetero) is 1. The molecular formula is C16H25NO2. The van der Waals surface area contributed by atoms with Crippen LogP contribution in [0, 0.1) is 5.41 Å². The fourth-order valence-corrected chi connectivity index (χ4v) is 3.97. The van der Waals surface area contributed by atoms with Gasteiger partial charge in [0.05, 0.1) is 18.6 Å². The van der Waals surface area contributed by atoms with Crippen LogP contribution in [0.4, 0.5) is 0 Å². The second-order valence-corrected chi connectivity index (χ2v) is 6.18. The first kappa shape index (κ1) is 13.3. The van der Waals surface area contributed by atoms with Crippen LogP contribution in [0.1, 0.15) is 44.9 Å². The molecule has 106 valence electrons. The van der Waals surface area contributed by atoms with Crippen molar-refractivity contribution in [3.8, 4) is 0 Å². The quantitative estimate of drug-likeness (QED) is 0.730. The Bertz CT molecular complexity index is 371. The average Bonchev–Trinajstić information content (AvgIpc) is 3.08. The van der Waals surface area contributed by atoms with Crippen LogP contribution < -0.4 is 0 Å². The predicted octanol–water partition coefficient (Wildman–Crippen LogP) is 2.56. The highest BCUT2D eigenvalue weighted by Gasteiger charge is 2.44. The van der Waals surface area contributed by atoms with Gasteiger partial charge in [0, 0.05) is 19.5 Å². The zero-order chi connectivity index (χ0) is 13.1. The van der Waals surface area contributed by atoms with E-state index in [9.17, 15) is 4.79 Å². The van der Waals surface area contributed by atoms with E-state index in [1.54, 1.807) is 0 Å². The third-order valence-corrected chi connectivity index (χ3v) is 5.16. The zero-order valence-corrected chi connectivity index (χ0v) is 11.8. The molecule has 0 unspecified atom stereocenters. The molecule has 3 rings (SSSR count). The third kappa shape index (κ3) is 2.63. The Morgan fingerprint density at radius 1 is 1.21 bits per heavy atom. The summed E-state index contributed by atoms with van der Waals surface area (Å²) in [4.78, 5) is 14.9. The van der Waals surface area contributed by atoms with Gasteiger partial charge >= 0.3 is 0 Å². The van der Waals surface area contributed by atoms with Gasteiger partial charge in [-0.1, -0.05) is 11.6 Å². The molecule has 0 radical (unpaired) electrons. The highest BCUT2D eigenvalue weighted by Crippen LogP contribution is 2.48. The fraction of sp³-hybridized carbons (Fsp3) is 0.812. The Kier molecular flexibility index (Phi) is 4.04. The first-order valence-corrected chi connectivity index (χ1v) is 7.84. The lowest BCUT2D eigenvalue weighted by atomic mass is 9.74. The predicted molar refractivity (Wildman–Crippen MR) is 75.1 cm³/mol. The molecule has 2 aliphatic carbocycles. The van der Waals surface area contributed by atoms with Crippen molar-refractivity contribution in [2.75, 3.05) is 32.8 Å². The lowest BCUT2D eigenvalue weighted by Gasteiger charge is -2.34. The molecule has 0 spiro atoms.